The van der Waals surface area contributed by atoms with Crippen molar-refractivity contribution in [1.82, 2.24) is 0 Å². The van der Waals surface area contributed by atoms with Crippen LogP contribution in [0.5, 0.6) is 5.75 Å². The molecule has 0 aromatic heterocycles. The number of rotatable bonds is 1. The summed E-state index contributed by atoms with van der Waals surface area (Å²) in [6, 6.07) is 8.30. The van der Waals surface area contributed by atoms with Gasteiger partial charge in [-0.25, -0.2) is 0 Å². The van der Waals surface area contributed by atoms with Crippen molar-refractivity contribution in [3.05, 3.63) is 29.8 Å². The Labute approximate surface area is 77.1 Å². The second-order valence-corrected chi connectivity index (χ2v) is 4.12. The van der Waals surface area contributed by atoms with Crippen LogP contribution in [0.2, 0.25) is 0 Å². The Bertz CT molecular complexity index is 272. The summed E-state index contributed by atoms with van der Waals surface area (Å²) >= 11 is 1.88. The number of para-hydroxylation sites is 1. The number of ether oxygens (including phenoxy) is 1. The van der Waals surface area contributed by atoms with Gasteiger partial charge in [0.1, 0.15) is 12.4 Å². The summed E-state index contributed by atoms with van der Waals surface area (Å²) in [5.41, 5.74) is 1.35. The Morgan fingerprint density at radius 3 is 3.08 bits per heavy atom. The van der Waals surface area contributed by atoms with Gasteiger partial charge in [-0.15, -0.1) is 0 Å². The highest BCUT2D eigenvalue weighted by Gasteiger charge is 2.17. The molecule has 1 aromatic carbocycles. The lowest BCUT2D eigenvalue weighted by atomic mass is 10.1. The maximum absolute atomic E-state index is 5.61. The zero-order valence-electron chi connectivity index (χ0n) is 7.12. The summed E-state index contributed by atoms with van der Waals surface area (Å²) < 4.78 is 5.61. The summed E-state index contributed by atoms with van der Waals surface area (Å²) in [6.45, 7) is 0.859. The Morgan fingerprint density at radius 2 is 2.25 bits per heavy atom. The maximum atomic E-state index is 5.61. The molecular weight excluding hydrogens is 168 g/mol. The Kier molecular flexibility index (Phi) is 2.26. The third-order valence-corrected chi connectivity index (χ3v) is 3.15. The van der Waals surface area contributed by atoms with Gasteiger partial charge in [-0.1, -0.05) is 18.2 Å². The van der Waals surface area contributed by atoms with Gasteiger partial charge in [0.2, 0.25) is 0 Å². The normalized spacial score (nSPS) is 21.2. The van der Waals surface area contributed by atoms with Crippen LogP contribution in [0.4, 0.5) is 0 Å². The fourth-order valence-electron chi connectivity index (χ4n) is 1.45. The number of thioether (sulfide) groups is 1. The Morgan fingerprint density at radius 1 is 1.42 bits per heavy atom. The maximum Gasteiger partial charge on any atom is 0.122 e. The monoisotopic (exact) mass is 180 g/mol. The van der Waals surface area contributed by atoms with Crippen molar-refractivity contribution >= 4 is 11.8 Å². The quantitative estimate of drug-likeness (QED) is 0.656. The highest BCUT2D eigenvalue weighted by molar-refractivity contribution is 7.99. The van der Waals surface area contributed by atoms with E-state index in [1.807, 2.05) is 23.9 Å². The molecule has 1 aliphatic rings. The van der Waals surface area contributed by atoms with E-state index in [-0.39, 0.29) is 0 Å². The van der Waals surface area contributed by atoms with E-state index in [2.05, 4.69) is 18.4 Å². The highest BCUT2D eigenvalue weighted by atomic mass is 32.2. The molecule has 1 nitrogen and oxygen atoms in total. The molecule has 1 aromatic rings. The van der Waals surface area contributed by atoms with Crippen LogP contribution < -0.4 is 4.74 Å². The van der Waals surface area contributed by atoms with Gasteiger partial charge in [-0.3, -0.25) is 0 Å². The van der Waals surface area contributed by atoms with Crippen LogP contribution in [0.3, 0.4) is 0 Å². The molecule has 0 saturated heterocycles. The summed E-state index contributed by atoms with van der Waals surface area (Å²) in [6.07, 6.45) is 3.29. The molecular formula is C10H12OS. The van der Waals surface area contributed by atoms with E-state index >= 15 is 0 Å². The molecule has 64 valence electrons. The first kappa shape index (κ1) is 7.99. The third kappa shape index (κ3) is 1.44. The van der Waals surface area contributed by atoms with Crippen molar-refractivity contribution in [3.63, 3.8) is 0 Å². The van der Waals surface area contributed by atoms with E-state index in [0.29, 0.717) is 5.25 Å². The standard InChI is InChI=1S/C10H12OS/c1-12-9-6-8-4-2-3-5-10(8)11-7-9/h2-5,9H,6-7H2,1H3. The molecule has 0 N–H and O–H groups in total. The van der Waals surface area contributed by atoms with Crippen LogP contribution in [-0.4, -0.2) is 18.1 Å². The molecule has 0 saturated carbocycles. The van der Waals surface area contributed by atoms with Crippen molar-refractivity contribution in [2.45, 2.75) is 11.7 Å². The molecule has 0 radical (unpaired) electrons. The van der Waals surface area contributed by atoms with Crippen molar-refractivity contribution < 1.29 is 4.74 Å². The van der Waals surface area contributed by atoms with E-state index in [1.54, 1.807) is 0 Å². The number of hydrogen-bond donors (Lipinski definition) is 0. The predicted molar refractivity (Wildman–Crippen MR) is 52.9 cm³/mol. The lowest BCUT2D eigenvalue weighted by Crippen LogP contribution is -2.22. The minimum absolute atomic E-state index is 0.639. The molecule has 2 rings (SSSR count). The first-order valence-electron chi connectivity index (χ1n) is 4.13. The summed E-state index contributed by atoms with van der Waals surface area (Å²) in [5.74, 6) is 1.07. The number of fused-ring (bicyclic) bond motifs is 1. The second kappa shape index (κ2) is 3.40. The van der Waals surface area contributed by atoms with Crippen LogP contribution in [0, 0.1) is 0 Å². The predicted octanol–water partition coefficient (Wildman–Crippen LogP) is 2.35. The van der Waals surface area contributed by atoms with Gasteiger partial charge in [0, 0.05) is 5.25 Å². The number of benzene rings is 1. The van der Waals surface area contributed by atoms with Gasteiger partial charge in [0.15, 0.2) is 0 Å². The molecule has 2 heteroatoms. The lowest BCUT2D eigenvalue weighted by molar-refractivity contribution is 0.294. The van der Waals surface area contributed by atoms with Crippen molar-refractivity contribution in [2.75, 3.05) is 12.9 Å². The third-order valence-electron chi connectivity index (χ3n) is 2.18. The molecule has 1 heterocycles. The molecule has 1 atom stereocenters. The minimum Gasteiger partial charge on any atom is -0.492 e. The molecule has 0 spiro atoms. The Hall–Kier alpha value is -0.630. The second-order valence-electron chi connectivity index (χ2n) is 2.98. The van der Waals surface area contributed by atoms with E-state index < -0.39 is 0 Å². The van der Waals surface area contributed by atoms with Crippen LogP contribution in [0.25, 0.3) is 0 Å². The fourth-order valence-corrected chi connectivity index (χ4v) is 2.00. The minimum atomic E-state index is 0.639. The van der Waals surface area contributed by atoms with Gasteiger partial charge in [-0.05, 0) is 24.3 Å². The zero-order chi connectivity index (χ0) is 8.39. The van der Waals surface area contributed by atoms with Gasteiger partial charge in [0.05, 0.1) is 0 Å². The first-order valence-corrected chi connectivity index (χ1v) is 5.42. The average Bonchev–Trinajstić information content (AvgIpc) is 2.17. The highest BCUT2D eigenvalue weighted by Crippen LogP contribution is 2.27. The molecule has 1 aliphatic heterocycles. The molecule has 0 aliphatic carbocycles. The van der Waals surface area contributed by atoms with E-state index in [4.69, 9.17) is 4.74 Å². The average molecular weight is 180 g/mol. The van der Waals surface area contributed by atoms with Crippen molar-refractivity contribution in [3.8, 4) is 5.75 Å². The SMILES string of the molecule is CSC1COc2ccccc2C1. The van der Waals surface area contributed by atoms with E-state index in [1.165, 1.54) is 5.56 Å². The largest absolute Gasteiger partial charge is 0.492 e. The van der Waals surface area contributed by atoms with E-state index in [0.717, 1.165) is 18.8 Å². The van der Waals surface area contributed by atoms with Crippen LogP contribution in [0.1, 0.15) is 5.56 Å². The van der Waals surface area contributed by atoms with Crippen LogP contribution in [-0.2, 0) is 6.42 Å². The summed E-state index contributed by atoms with van der Waals surface area (Å²) in [7, 11) is 0. The van der Waals surface area contributed by atoms with Gasteiger partial charge < -0.3 is 4.74 Å². The fraction of sp³-hybridized carbons (Fsp3) is 0.400. The summed E-state index contributed by atoms with van der Waals surface area (Å²) in [5, 5.41) is 0.639. The molecule has 0 bridgehead atoms. The van der Waals surface area contributed by atoms with Crippen molar-refractivity contribution in [1.29, 1.82) is 0 Å². The Balaban J connectivity index is 2.23. The van der Waals surface area contributed by atoms with Crippen LogP contribution >= 0.6 is 11.8 Å². The van der Waals surface area contributed by atoms with Crippen molar-refractivity contribution in [2.24, 2.45) is 0 Å². The van der Waals surface area contributed by atoms with Gasteiger partial charge in [0.25, 0.3) is 0 Å². The molecule has 0 amide bonds. The van der Waals surface area contributed by atoms with E-state index in [9.17, 15) is 0 Å². The first-order chi connectivity index (χ1) is 5.90. The summed E-state index contributed by atoms with van der Waals surface area (Å²) in [4.78, 5) is 0. The zero-order valence-corrected chi connectivity index (χ0v) is 7.93. The molecule has 1 unspecified atom stereocenters. The van der Waals surface area contributed by atoms with Gasteiger partial charge in [-0.2, -0.15) is 11.8 Å². The topological polar surface area (TPSA) is 9.23 Å². The smallest absolute Gasteiger partial charge is 0.122 e. The van der Waals surface area contributed by atoms with Gasteiger partial charge >= 0.3 is 0 Å². The number of hydrogen-bond acceptors (Lipinski definition) is 2. The molecule has 0 fully saturated rings. The van der Waals surface area contributed by atoms with Crippen LogP contribution in [0.15, 0.2) is 24.3 Å². The lowest BCUT2D eigenvalue weighted by Gasteiger charge is -2.23. The molecule has 12 heavy (non-hydrogen) atoms.